The number of carbonyl (C=O) groups is 1. The number of aromatic nitrogens is 3. The van der Waals surface area contributed by atoms with Crippen molar-refractivity contribution in [2.45, 2.75) is 0 Å². The molecule has 0 spiro atoms. The molecule has 6 nitrogen and oxygen atoms in total. The number of aromatic carboxylic acids is 1. The number of fused-ring (bicyclic) bond motifs is 1. The van der Waals surface area contributed by atoms with Gasteiger partial charge in [0.1, 0.15) is 5.75 Å². The van der Waals surface area contributed by atoms with Crippen molar-refractivity contribution in [1.82, 2.24) is 14.6 Å². The third kappa shape index (κ3) is 2.23. The maximum absolute atomic E-state index is 10.9. The van der Waals surface area contributed by atoms with Crippen LogP contribution in [-0.2, 0) is 0 Å². The van der Waals surface area contributed by atoms with Gasteiger partial charge >= 0.3 is 5.97 Å². The molecule has 1 N–H and O–H groups in total. The monoisotopic (exact) mass is 255 g/mol. The number of carboxylic acids is 1. The van der Waals surface area contributed by atoms with E-state index in [-0.39, 0.29) is 5.56 Å². The summed E-state index contributed by atoms with van der Waals surface area (Å²) in [5.74, 6) is -0.184. The van der Waals surface area contributed by atoms with Gasteiger partial charge in [0.2, 0.25) is 5.88 Å². The Labute approximate surface area is 107 Å². The van der Waals surface area contributed by atoms with E-state index in [0.29, 0.717) is 17.3 Å². The Balaban J connectivity index is 1.91. The van der Waals surface area contributed by atoms with Crippen molar-refractivity contribution in [1.29, 1.82) is 0 Å². The van der Waals surface area contributed by atoms with Crippen LogP contribution >= 0.6 is 0 Å². The number of ether oxygens (including phenoxy) is 1. The largest absolute Gasteiger partial charge is 0.478 e. The van der Waals surface area contributed by atoms with E-state index < -0.39 is 5.97 Å². The van der Waals surface area contributed by atoms with Crippen LogP contribution in [0.1, 0.15) is 10.4 Å². The van der Waals surface area contributed by atoms with E-state index >= 15 is 0 Å². The summed E-state index contributed by atoms with van der Waals surface area (Å²) in [5.41, 5.74) is 0.829. The zero-order chi connectivity index (χ0) is 13.2. The molecule has 0 radical (unpaired) electrons. The molecule has 0 saturated heterocycles. The molecule has 1 aromatic carbocycles. The standard InChI is InChI=1S/C13H9N3O3/c17-13(18)9-2-1-3-10(8-9)19-12-5-7-16-11(15-12)4-6-14-16/h1-8H,(H,17,18). The molecule has 0 aliphatic heterocycles. The van der Waals surface area contributed by atoms with Crippen LogP contribution in [0.2, 0.25) is 0 Å². The summed E-state index contributed by atoms with van der Waals surface area (Å²) in [4.78, 5) is 15.1. The fourth-order valence-electron chi connectivity index (χ4n) is 1.67. The van der Waals surface area contributed by atoms with Gasteiger partial charge in [-0.15, -0.1) is 0 Å². The van der Waals surface area contributed by atoms with Crippen molar-refractivity contribution in [3.8, 4) is 11.6 Å². The molecule has 6 heteroatoms. The van der Waals surface area contributed by atoms with Gasteiger partial charge in [0.25, 0.3) is 0 Å². The second-order valence-electron chi connectivity index (χ2n) is 3.83. The van der Waals surface area contributed by atoms with Gasteiger partial charge in [-0.2, -0.15) is 10.1 Å². The van der Waals surface area contributed by atoms with Gasteiger partial charge in [0, 0.05) is 18.3 Å². The van der Waals surface area contributed by atoms with Crippen molar-refractivity contribution in [3.05, 3.63) is 54.4 Å². The molecule has 94 valence electrons. The molecule has 0 unspecified atom stereocenters. The van der Waals surface area contributed by atoms with E-state index in [1.54, 1.807) is 41.2 Å². The third-order valence-electron chi connectivity index (χ3n) is 2.54. The van der Waals surface area contributed by atoms with Gasteiger partial charge in [-0.1, -0.05) is 6.07 Å². The molecule has 0 aliphatic rings. The highest BCUT2D eigenvalue weighted by atomic mass is 16.5. The fourth-order valence-corrected chi connectivity index (χ4v) is 1.67. The molecule has 19 heavy (non-hydrogen) atoms. The zero-order valence-corrected chi connectivity index (χ0v) is 9.72. The third-order valence-corrected chi connectivity index (χ3v) is 2.54. The molecule has 3 rings (SSSR count). The van der Waals surface area contributed by atoms with Crippen molar-refractivity contribution in [3.63, 3.8) is 0 Å². The molecule has 0 aliphatic carbocycles. The van der Waals surface area contributed by atoms with Crippen LogP contribution in [-0.4, -0.2) is 25.7 Å². The first-order valence-corrected chi connectivity index (χ1v) is 5.54. The first-order valence-electron chi connectivity index (χ1n) is 5.54. The highest BCUT2D eigenvalue weighted by molar-refractivity contribution is 5.88. The highest BCUT2D eigenvalue weighted by Crippen LogP contribution is 2.20. The van der Waals surface area contributed by atoms with Crippen LogP contribution in [0.4, 0.5) is 0 Å². The molecular formula is C13H9N3O3. The number of nitrogens with zero attached hydrogens (tertiary/aromatic N) is 3. The van der Waals surface area contributed by atoms with Gasteiger partial charge in [0.15, 0.2) is 5.65 Å². The SMILES string of the molecule is O=C(O)c1cccc(Oc2ccn3nccc3n2)c1. The highest BCUT2D eigenvalue weighted by Gasteiger charge is 2.06. The minimum Gasteiger partial charge on any atom is -0.478 e. The Morgan fingerprint density at radius 2 is 2.16 bits per heavy atom. The van der Waals surface area contributed by atoms with E-state index in [0.717, 1.165) is 0 Å². The van der Waals surface area contributed by atoms with Crippen LogP contribution in [0.25, 0.3) is 5.65 Å². The van der Waals surface area contributed by atoms with Crippen LogP contribution in [0.3, 0.4) is 0 Å². The van der Waals surface area contributed by atoms with E-state index in [4.69, 9.17) is 9.84 Å². The molecule has 0 fully saturated rings. The van der Waals surface area contributed by atoms with E-state index in [2.05, 4.69) is 10.1 Å². The Morgan fingerprint density at radius 3 is 3.00 bits per heavy atom. The predicted octanol–water partition coefficient (Wildman–Crippen LogP) is 2.22. The van der Waals surface area contributed by atoms with Crippen LogP contribution in [0.15, 0.2) is 48.8 Å². The number of rotatable bonds is 3. The summed E-state index contributed by atoms with van der Waals surface area (Å²) in [6.45, 7) is 0. The lowest BCUT2D eigenvalue weighted by molar-refractivity contribution is 0.0696. The molecule has 0 amide bonds. The minimum atomic E-state index is -0.996. The molecular weight excluding hydrogens is 246 g/mol. The first kappa shape index (κ1) is 11.2. The van der Waals surface area contributed by atoms with Crippen molar-refractivity contribution >= 4 is 11.6 Å². The van der Waals surface area contributed by atoms with E-state index in [9.17, 15) is 4.79 Å². The Hall–Kier alpha value is -2.89. The van der Waals surface area contributed by atoms with Crippen LogP contribution < -0.4 is 4.74 Å². The lowest BCUT2D eigenvalue weighted by atomic mass is 10.2. The predicted molar refractivity (Wildman–Crippen MR) is 66.5 cm³/mol. The topological polar surface area (TPSA) is 76.7 Å². The van der Waals surface area contributed by atoms with Crippen molar-refractivity contribution < 1.29 is 14.6 Å². The summed E-state index contributed by atoms with van der Waals surface area (Å²) in [7, 11) is 0. The smallest absolute Gasteiger partial charge is 0.335 e. The van der Waals surface area contributed by atoms with E-state index in [1.165, 1.54) is 12.1 Å². The zero-order valence-electron chi connectivity index (χ0n) is 9.72. The van der Waals surface area contributed by atoms with Gasteiger partial charge in [0.05, 0.1) is 11.8 Å². The maximum Gasteiger partial charge on any atom is 0.335 e. The minimum absolute atomic E-state index is 0.169. The Kier molecular flexibility index (Phi) is 2.60. The molecule has 3 aromatic rings. The van der Waals surface area contributed by atoms with Crippen LogP contribution in [0.5, 0.6) is 11.6 Å². The lowest BCUT2D eigenvalue weighted by Gasteiger charge is -2.05. The average molecular weight is 255 g/mol. The van der Waals surface area contributed by atoms with Gasteiger partial charge in [-0.3, -0.25) is 0 Å². The maximum atomic E-state index is 10.9. The van der Waals surface area contributed by atoms with E-state index in [1.807, 2.05) is 0 Å². The summed E-state index contributed by atoms with van der Waals surface area (Å²) in [6, 6.07) is 9.66. The van der Waals surface area contributed by atoms with Gasteiger partial charge in [-0.05, 0) is 18.2 Å². The molecule has 2 aromatic heterocycles. The van der Waals surface area contributed by atoms with Gasteiger partial charge < -0.3 is 9.84 Å². The molecule has 0 atom stereocenters. The van der Waals surface area contributed by atoms with Crippen LogP contribution in [0, 0.1) is 0 Å². The Bertz CT molecular complexity index is 751. The van der Waals surface area contributed by atoms with Crippen molar-refractivity contribution in [2.24, 2.45) is 0 Å². The summed E-state index contributed by atoms with van der Waals surface area (Å²) in [6.07, 6.45) is 3.36. The Morgan fingerprint density at radius 1 is 1.26 bits per heavy atom. The number of carboxylic acid groups (broad SMARTS) is 1. The summed E-state index contributed by atoms with van der Waals surface area (Å²) >= 11 is 0. The fraction of sp³-hybridized carbons (Fsp3) is 0. The number of hydrogen-bond acceptors (Lipinski definition) is 4. The number of benzene rings is 1. The number of hydrogen-bond donors (Lipinski definition) is 1. The molecule has 2 heterocycles. The second-order valence-corrected chi connectivity index (χ2v) is 3.83. The normalized spacial score (nSPS) is 10.5. The second kappa shape index (κ2) is 4.41. The van der Waals surface area contributed by atoms with Crippen molar-refractivity contribution in [2.75, 3.05) is 0 Å². The molecule has 0 bridgehead atoms. The van der Waals surface area contributed by atoms with Gasteiger partial charge in [-0.25, -0.2) is 9.31 Å². The lowest BCUT2D eigenvalue weighted by Crippen LogP contribution is -1.97. The molecule has 0 saturated carbocycles. The first-order chi connectivity index (χ1) is 9.22. The quantitative estimate of drug-likeness (QED) is 0.776. The average Bonchev–Trinajstić information content (AvgIpc) is 2.86. The summed E-state index contributed by atoms with van der Waals surface area (Å²) < 4.78 is 7.14. The summed E-state index contributed by atoms with van der Waals surface area (Å²) in [5, 5.41) is 12.9.